The number of hydrogen-bond acceptors (Lipinski definition) is 2. The standard InChI is InChI=1S/C9H18O2/c10-11-9-7-5-3-1-2-4-6-8-9/h9-10H,1-8H2. The lowest BCUT2D eigenvalue weighted by Gasteiger charge is -2.10. The summed E-state index contributed by atoms with van der Waals surface area (Å²) in [5.41, 5.74) is 0. The van der Waals surface area contributed by atoms with Crippen LogP contribution in [0.15, 0.2) is 0 Å². The van der Waals surface area contributed by atoms with Crippen LogP contribution in [-0.2, 0) is 4.89 Å². The van der Waals surface area contributed by atoms with Gasteiger partial charge < -0.3 is 0 Å². The summed E-state index contributed by atoms with van der Waals surface area (Å²) in [5.74, 6) is 0. The molecule has 0 aromatic rings. The van der Waals surface area contributed by atoms with E-state index in [1.807, 2.05) is 0 Å². The van der Waals surface area contributed by atoms with E-state index in [0.717, 1.165) is 12.8 Å². The smallest absolute Gasteiger partial charge is 0.0927 e. The Balaban J connectivity index is 2.19. The fourth-order valence-corrected chi connectivity index (χ4v) is 1.70. The zero-order chi connectivity index (χ0) is 7.94. The van der Waals surface area contributed by atoms with Crippen molar-refractivity contribution < 1.29 is 10.1 Å². The van der Waals surface area contributed by atoms with E-state index in [1.165, 1.54) is 38.5 Å². The van der Waals surface area contributed by atoms with E-state index >= 15 is 0 Å². The molecule has 2 nitrogen and oxygen atoms in total. The van der Waals surface area contributed by atoms with Crippen molar-refractivity contribution in [2.75, 3.05) is 0 Å². The van der Waals surface area contributed by atoms with Crippen LogP contribution in [0.2, 0.25) is 0 Å². The highest BCUT2D eigenvalue weighted by Crippen LogP contribution is 2.18. The molecule has 2 heteroatoms. The summed E-state index contributed by atoms with van der Waals surface area (Å²) in [6.07, 6.45) is 9.95. The van der Waals surface area contributed by atoms with Gasteiger partial charge in [-0.2, -0.15) is 0 Å². The lowest BCUT2D eigenvalue weighted by molar-refractivity contribution is -0.281. The summed E-state index contributed by atoms with van der Waals surface area (Å²) in [5, 5.41) is 8.50. The minimum Gasteiger partial charge on any atom is -0.252 e. The monoisotopic (exact) mass is 158 g/mol. The van der Waals surface area contributed by atoms with E-state index < -0.39 is 0 Å². The molecular formula is C9H18O2. The molecule has 66 valence electrons. The van der Waals surface area contributed by atoms with Crippen molar-refractivity contribution in [3.05, 3.63) is 0 Å². The van der Waals surface area contributed by atoms with Crippen LogP contribution in [0.25, 0.3) is 0 Å². The van der Waals surface area contributed by atoms with E-state index in [0.29, 0.717) is 0 Å². The van der Waals surface area contributed by atoms with Crippen molar-refractivity contribution in [1.82, 2.24) is 0 Å². The Kier molecular flexibility index (Phi) is 4.55. The lowest BCUT2D eigenvalue weighted by atomic mass is 10.1. The first-order chi connectivity index (χ1) is 5.43. The predicted octanol–water partition coefficient (Wildman–Crippen LogP) is 2.98. The fourth-order valence-electron chi connectivity index (χ4n) is 1.70. The Hall–Kier alpha value is -0.0800. The highest BCUT2D eigenvalue weighted by atomic mass is 17.1. The molecule has 0 heterocycles. The van der Waals surface area contributed by atoms with Crippen LogP contribution >= 0.6 is 0 Å². The van der Waals surface area contributed by atoms with Crippen LogP contribution in [-0.4, -0.2) is 11.4 Å². The van der Waals surface area contributed by atoms with Gasteiger partial charge in [-0.1, -0.05) is 38.5 Å². The van der Waals surface area contributed by atoms with Crippen molar-refractivity contribution in [3.63, 3.8) is 0 Å². The number of hydrogen-bond donors (Lipinski definition) is 1. The maximum absolute atomic E-state index is 8.50. The Morgan fingerprint density at radius 1 is 0.818 bits per heavy atom. The first-order valence-corrected chi connectivity index (χ1v) is 4.73. The van der Waals surface area contributed by atoms with Crippen LogP contribution < -0.4 is 0 Å². The van der Waals surface area contributed by atoms with Gasteiger partial charge in [-0.3, -0.25) is 5.26 Å². The minimum absolute atomic E-state index is 0.119. The number of rotatable bonds is 1. The van der Waals surface area contributed by atoms with E-state index in [9.17, 15) is 0 Å². The molecule has 0 aromatic carbocycles. The molecule has 1 rings (SSSR count). The summed E-state index contributed by atoms with van der Waals surface area (Å²) < 4.78 is 0. The largest absolute Gasteiger partial charge is 0.252 e. The normalized spacial score (nSPS) is 23.7. The second kappa shape index (κ2) is 5.56. The third-order valence-electron chi connectivity index (χ3n) is 2.45. The summed E-state index contributed by atoms with van der Waals surface area (Å²) in [4.78, 5) is 4.38. The maximum Gasteiger partial charge on any atom is 0.0927 e. The van der Waals surface area contributed by atoms with E-state index in [2.05, 4.69) is 4.89 Å². The highest BCUT2D eigenvalue weighted by Gasteiger charge is 2.09. The molecule has 0 aliphatic heterocycles. The van der Waals surface area contributed by atoms with Crippen molar-refractivity contribution in [2.24, 2.45) is 0 Å². The van der Waals surface area contributed by atoms with Crippen LogP contribution in [0, 0.1) is 0 Å². The van der Waals surface area contributed by atoms with Crippen LogP contribution in [0.3, 0.4) is 0 Å². The zero-order valence-corrected chi connectivity index (χ0v) is 7.09. The van der Waals surface area contributed by atoms with Gasteiger partial charge in [-0.15, -0.1) is 0 Å². The SMILES string of the molecule is OOC1CCCCCCCC1. The first kappa shape index (κ1) is 9.01. The predicted molar refractivity (Wildman–Crippen MR) is 44.4 cm³/mol. The molecule has 1 aliphatic carbocycles. The van der Waals surface area contributed by atoms with Gasteiger partial charge in [0, 0.05) is 0 Å². The third kappa shape index (κ3) is 3.73. The van der Waals surface area contributed by atoms with E-state index in [4.69, 9.17) is 5.26 Å². The third-order valence-corrected chi connectivity index (χ3v) is 2.45. The van der Waals surface area contributed by atoms with Gasteiger partial charge in [-0.05, 0) is 12.8 Å². The molecule has 0 unspecified atom stereocenters. The summed E-state index contributed by atoms with van der Waals surface area (Å²) >= 11 is 0. The molecular weight excluding hydrogens is 140 g/mol. The van der Waals surface area contributed by atoms with Crippen molar-refractivity contribution in [1.29, 1.82) is 0 Å². The summed E-state index contributed by atoms with van der Waals surface area (Å²) in [6.45, 7) is 0. The zero-order valence-electron chi connectivity index (χ0n) is 7.09. The minimum atomic E-state index is 0.119. The fraction of sp³-hybridized carbons (Fsp3) is 1.00. The van der Waals surface area contributed by atoms with Gasteiger partial charge in [0.25, 0.3) is 0 Å². The van der Waals surface area contributed by atoms with Crippen molar-refractivity contribution in [2.45, 2.75) is 57.5 Å². The molecule has 0 aromatic heterocycles. The molecule has 1 N–H and O–H groups in total. The first-order valence-electron chi connectivity index (χ1n) is 4.73. The van der Waals surface area contributed by atoms with Crippen LogP contribution in [0.1, 0.15) is 51.4 Å². The van der Waals surface area contributed by atoms with Gasteiger partial charge in [0.05, 0.1) is 6.10 Å². The van der Waals surface area contributed by atoms with Crippen molar-refractivity contribution in [3.8, 4) is 0 Å². The average molecular weight is 158 g/mol. The molecule has 0 saturated heterocycles. The lowest BCUT2D eigenvalue weighted by Crippen LogP contribution is -2.09. The van der Waals surface area contributed by atoms with Gasteiger partial charge in [0.1, 0.15) is 0 Å². The van der Waals surface area contributed by atoms with E-state index in [1.54, 1.807) is 0 Å². The molecule has 0 radical (unpaired) electrons. The second-order valence-corrected chi connectivity index (χ2v) is 3.43. The molecule has 0 atom stereocenters. The van der Waals surface area contributed by atoms with Crippen LogP contribution in [0.4, 0.5) is 0 Å². The molecule has 0 spiro atoms. The van der Waals surface area contributed by atoms with Gasteiger partial charge >= 0.3 is 0 Å². The summed E-state index contributed by atoms with van der Waals surface area (Å²) in [7, 11) is 0. The Labute approximate surface area is 68.5 Å². The topological polar surface area (TPSA) is 29.5 Å². The van der Waals surface area contributed by atoms with Gasteiger partial charge in [-0.25, -0.2) is 4.89 Å². The van der Waals surface area contributed by atoms with E-state index in [-0.39, 0.29) is 6.10 Å². The Morgan fingerprint density at radius 2 is 1.27 bits per heavy atom. The molecule has 11 heavy (non-hydrogen) atoms. The molecule has 0 bridgehead atoms. The molecule has 0 amide bonds. The Bertz CT molecular complexity index is 83.6. The Morgan fingerprint density at radius 3 is 1.73 bits per heavy atom. The molecule has 1 saturated carbocycles. The molecule has 1 fully saturated rings. The highest BCUT2D eigenvalue weighted by molar-refractivity contribution is 4.60. The van der Waals surface area contributed by atoms with Gasteiger partial charge in [0.2, 0.25) is 0 Å². The van der Waals surface area contributed by atoms with Crippen molar-refractivity contribution >= 4 is 0 Å². The van der Waals surface area contributed by atoms with Gasteiger partial charge in [0.15, 0.2) is 0 Å². The second-order valence-electron chi connectivity index (χ2n) is 3.43. The average Bonchev–Trinajstić information content (AvgIpc) is 2.16. The quantitative estimate of drug-likeness (QED) is 0.469. The van der Waals surface area contributed by atoms with Crippen LogP contribution in [0.5, 0.6) is 0 Å². The summed E-state index contributed by atoms with van der Waals surface area (Å²) in [6, 6.07) is 0. The maximum atomic E-state index is 8.50. The molecule has 1 aliphatic rings.